The highest BCUT2D eigenvalue weighted by atomic mass is 32.2. The third-order valence-electron chi connectivity index (χ3n) is 3.01. The Morgan fingerprint density at radius 2 is 2.05 bits per heavy atom. The van der Waals surface area contributed by atoms with E-state index in [4.69, 9.17) is 4.52 Å². The second-order valence-corrected chi connectivity index (χ2v) is 7.74. The molecule has 1 heterocycles. The maximum atomic E-state index is 12.1. The number of nitrogens with zero attached hydrogens (tertiary/aromatic N) is 1. The minimum Gasteiger partial charge on any atom is -0.598 e. The summed E-state index contributed by atoms with van der Waals surface area (Å²) >= 11 is -1.09. The van der Waals surface area contributed by atoms with Gasteiger partial charge in [-0.1, -0.05) is 11.2 Å². The molecule has 4 nitrogen and oxygen atoms in total. The van der Waals surface area contributed by atoms with E-state index in [-0.39, 0.29) is 10.8 Å². The van der Waals surface area contributed by atoms with Crippen LogP contribution in [-0.4, -0.2) is 14.5 Å². The van der Waals surface area contributed by atoms with E-state index < -0.39 is 11.4 Å². The summed E-state index contributed by atoms with van der Waals surface area (Å²) in [7, 11) is 0. The summed E-state index contributed by atoms with van der Waals surface area (Å²) in [4.78, 5) is 0. The number of hydrogen-bond acceptors (Lipinski definition) is 4. The third-order valence-corrected chi connectivity index (χ3v) is 4.69. The average Bonchev–Trinajstić information content (AvgIpc) is 2.69. The van der Waals surface area contributed by atoms with Gasteiger partial charge in [-0.15, -0.1) is 4.72 Å². The maximum Gasteiger partial charge on any atom is 0.167 e. The van der Waals surface area contributed by atoms with Crippen LogP contribution in [-0.2, 0) is 11.4 Å². The van der Waals surface area contributed by atoms with Gasteiger partial charge < -0.3 is 9.08 Å². The molecule has 0 aliphatic rings. The second-order valence-electron chi connectivity index (χ2n) is 5.74. The maximum absolute atomic E-state index is 12.1. The van der Waals surface area contributed by atoms with Crippen LogP contribution in [0.2, 0.25) is 0 Å². The number of rotatable bonds is 3. The molecule has 2 rings (SSSR count). The number of fused-ring (bicyclic) bond motifs is 1. The van der Waals surface area contributed by atoms with E-state index in [2.05, 4.69) is 9.88 Å². The first-order valence-electron chi connectivity index (χ1n) is 6.33. The summed E-state index contributed by atoms with van der Waals surface area (Å²) in [6.07, 6.45) is 0. The molecule has 0 fully saturated rings. The van der Waals surface area contributed by atoms with E-state index in [1.165, 1.54) is 0 Å². The number of benzene rings is 1. The SMILES string of the molecule is Cc1noc2ccc([C@@H](C)N[S@+]([O-])C(C)(C)C)cc12. The molecular formula is C14H20N2O2S. The van der Waals surface area contributed by atoms with Crippen molar-refractivity contribution in [1.29, 1.82) is 0 Å². The zero-order chi connectivity index (χ0) is 14.2. The predicted octanol–water partition coefficient (Wildman–Crippen LogP) is 3.25. The van der Waals surface area contributed by atoms with Crippen molar-refractivity contribution in [2.75, 3.05) is 0 Å². The van der Waals surface area contributed by atoms with Crippen molar-refractivity contribution in [3.8, 4) is 0 Å². The van der Waals surface area contributed by atoms with Crippen molar-refractivity contribution in [3.05, 3.63) is 29.5 Å². The molecule has 0 saturated carbocycles. The summed E-state index contributed by atoms with van der Waals surface area (Å²) in [5.74, 6) is 0. The molecule has 5 heteroatoms. The lowest BCUT2D eigenvalue weighted by molar-refractivity contribution is 0.450. The molecule has 0 radical (unpaired) electrons. The minimum absolute atomic E-state index is 0.0127. The lowest BCUT2D eigenvalue weighted by Crippen LogP contribution is -2.40. The van der Waals surface area contributed by atoms with Crippen LogP contribution >= 0.6 is 0 Å². The van der Waals surface area contributed by atoms with E-state index in [1.54, 1.807) is 0 Å². The molecule has 0 unspecified atom stereocenters. The topological polar surface area (TPSA) is 61.1 Å². The molecule has 0 saturated heterocycles. The zero-order valence-electron chi connectivity index (χ0n) is 12.0. The summed E-state index contributed by atoms with van der Waals surface area (Å²) < 4.78 is 20.1. The van der Waals surface area contributed by atoms with E-state index in [1.807, 2.05) is 52.8 Å². The highest BCUT2D eigenvalue weighted by Crippen LogP contribution is 2.24. The number of aryl methyl sites for hydroxylation is 1. The number of hydrogen-bond donors (Lipinski definition) is 1. The van der Waals surface area contributed by atoms with Crippen molar-refractivity contribution < 1.29 is 9.08 Å². The van der Waals surface area contributed by atoms with Crippen LogP contribution in [0, 0.1) is 6.92 Å². The Balaban J connectivity index is 2.21. The van der Waals surface area contributed by atoms with Gasteiger partial charge in [0.05, 0.1) is 11.7 Å². The minimum atomic E-state index is -1.09. The van der Waals surface area contributed by atoms with E-state index in [0.29, 0.717) is 0 Å². The normalized spacial score (nSPS) is 15.7. The Labute approximate surface area is 116 Å². The van der Waals surface area contributed by atoms with E-state index >= 15 is 0 Å². The fraction of sp³-hybridized carbons (Fsp3) is 0.500. The molecule has 1 aromatic heterocycles. The van der Waals surface area contributed by atoms with Crippen LogP contribution in [0.25, 0.3) is 11.0 Å². The smallest absolute Gasteiger partial charge is 0.167 e. The molecule has 0 amide bonds. The molecule has 0 spiro atoms. The first-order valence-corrected chi connectivity index (χ1v) is 7.48. The van der Waals surface area contributed by atoms with Crippen molar-refractivity contribution in [2.24, 2.45) is 0 Å². The van der Waals surface area contributed by atoms with Crippen LogP contribution in [0.1, 0.15) is 45.0 Å². The molecule has 0 aliphatic carbocycles. The summed E-state index contributed by atoms with van der Waals surface area (Å²) in [6.45, 7) is 9.79. The Bertz CT molecular complexity index is 574. The van der Waals surface area contributed by atoms with Gasteiger partial charge in [0.15, 0.2) is 5.58 Å². The van der Waals surface area contributed by atoms with Gasteiger partial charge in [0, 0.05) is 16.7 Å². The van der Waals surface area contributed by atoms with Gasteiger partial charge >= 0.3 is 0 Å². The molecule has 2 atom stereocenters. The van der Waals surface area contributed by atoms with Gasteiger partial charge in [0.25, 0.3) is 0 Å². The molecule has 104 valence electrons. The summed E-state index contributed by atoms with van der Waals surface area (Å²) in [5.41, 5.74) is 2.74. The van der Waals surface area contributed by atoms with Crippen LogP contribution in [0.15, 0.2) is 22.7 Å². The van der Waals surface area contributed by atoms with E-state index in [0.717, 1.165) is 22.2 Å². The van der Waals surface area contributed by atoms with Gasteiger partial charge in [0.1, 0.15) is 4.75 Å². The van der Waals surface area contributed by atoms with Gasteiger partial charge in [-0.2, -0.15) is 0 Å². The van der Waals surface area contributed by atoms with Gasteiger partial charge in [-0.3, -0.25) is 0 Å². The first kappa shape index (κ1) is 14.4. The van der Waals surface area contributed by atoms with Crippen LogP contribution in [0.4, 0.5) is 0 Å². The Morgan fingerprint density at radius 1 is 1.37 bits per heavy atom. The molecule has 0 bridgehead atoms. The fourth-order valence-electron chi connectivity index (χ4n) is 1.75. The van der Waals surface area contributed by atoms with Crippen LogP contribution < -0.4 is 4.72 Å². The molecule has 0 aliphatic heterocycles. The lowest BCUT2D eigenvalue weighted by Gasteiger charge is -2.26. The highest BCUT2D eigenvalue weighted by Gasteiger charge is 2.28. The largest absolute Gasteiger partial charge is 0.598 e. The standard InChI is InChI=1S/C14H20N2O2S/c1-9(16-19(17)14(3,4)5)11-6-7-13-12(8-11)10(2)15-18-13/h6-9,16H,1-5H3/t9-,19-/m1/s1. The quantitative estimate of drug-likeness (QED) is 0.877. The highest BCUT2D eigenvalue weighted by molar-refractivity contribution is 7.90. The van der Waals surface area contributed by atoms with E-state index in [9.17, 15) is 4.55 Å². The lowest BCUT2D eigenvalue weighted by atomic mass is 10.1. The molecule has 1 N–H and O–H groups in total. The molecule has 2 aromatic rings. The summed E-state index contributed by atoms with van der Waals surface area (Å²) in [5, 5.41) is 4.95. The fourth-order valence-corrected chi connectivity index (χ4v) is 2.56. The number of nitrogens with one attached hydrogen (secondary N) is 1. The van der Waals surface area contributed by atoms with Crippen molar-refractivity contribution in [1.82, 2.24) is 9.88 Å². The van der Waals surface area contributed by atoms with Gasteiger partial charge in [-0.25, -0.2) is 0 Å². The Morgan fingerprint density at radius 3 is 2.68 bits per heavy atom. The van der Waals surface area contributed by atoms with Crippen LogP contribution in [0.5, 0.6) is 0 Å². The van der Waals surface area contributed by atoms with Crippen molar-refractivity contribution >= 4 is 22.3 Å². The first-order chi connectivity index (χ1) is 8.79. The molecular weight excluding hydrogens is 260 g/mol. The Kier molecular flexibility index (Phi) is 3.90. The molecule has 19 heavy (non-hydrogen) atoms. The number of aromatic nitrogens is 1. The zero-order valence-corrected chi connectivity index (χ0v) is 12.8. The van der Waals surface area contributed by atoms with Gasteiger partial charge in [-0.05, 0) is 52.3 Å². The Hall–Kier alpha value is -1.04. The second kappa shape index (κ2) is 5.15. The van der Waals surface area contributed by atoms with Crippen molar-refractivity contribution in [2.45, 2.75) is 45.4 Å². The van der Waals surface area contributed by atoms with Crippen molar-refractivity contribution in [3.63, 3.8) is 0 Å². The molecule has 1 aromatic carbocycles. The summed E-state index contributed by atoms with van der Waals surface area (Å²) in [6, 6.07) is 5.94. The monoisotopic (exact) mass is 280 g/mol. The van der Waals surface area contributed by atoms with Crippen LogP contribution in [0.3, 0.4) is 0 Å². The third kappa shape index (κ3) is 3.11. The predicted molar refractivity (Wildman–Crippen MR) is 78.2 cm³/mol. The average molecular weight is 280 g/mol. The van der Waals surface area contributed by atoms with Gasteiger partial charge in [0.2, 0.25) is 0 Å².